The number of aromatic amines is 4. The van der Waals surface area contributed by atoms with Crippen molar-refractivity contribution in [2.24, 2.45) is 0 Å². The van der Waals surface area contributed by atoms with Gasteiger partial charge in [0.25, 0.3) is 0 Å². The van der Waals surface area contributed by atoms with Crippen LogP contribution in [0.25, 0.3) is 24.3 Å². The van der Waals surface area contributed by atoms with Crippen molar-refractivity contribution in [1.29, 1.82) is 0 Å². The quantitative estimate of drug-likeness (QED) is 0.207. The lowest BCUT2D eigenvalue weighted by atomic mass is 10.0. The Bertz CT molecular complexity index is 1940. The number of carboxylic acids is 1. The third-order valence-electron chi connectivity index (χ3n) is 8.51. The van der Waals surface area contributed by atoms with Gasteiger partial charge >= 0.3 is 11.9 Å². The van der Waals surface area contributed by atoms with Crippen molar-refractivity contribution in [2.45, 2.75) is 67.2 Å². The van der Waals surface area contributed by atoms with Crippen molar-refractivity contribution in [3.8, 4) is 0 Å². The maximum absolute atomic E-state index is 13.0. The monoisotopic (exact) mass is 554 g/mol. The Morgan fingerprint density at radius 3 is 1.78 bits per heavy atom. The molecule has 0 radical (unpaired) electrons. The molecule has 41 heavy (non-hydrogen) atoms. The van der Waals surface area contributed by atoms with Gasteiger partial charge in [0, 0.05) is 44.9 Å². The van der Waals surface area contributed by atoms with Crippen molar-refractivity contribution in [1.82, 2.24) is 19.9 Å². The summed E-state index contributed by atoms with van der Waals surface area (Å²) in [5.41, 5.74) is 11.4. The number of aromatic nitrogens is 4. The SMILES string of the molecule is CCc1c2[nH]c(c1C)C=c1[nH]c(c(CCC(=O)O)c1C)=Cc1[nH]c(c(C)c1C(=O)OC)C=c1[nH]c(c(C)c1CC)=C2. The van der Waals surface area contributed by atoms with E-state index in [1.807, 2.05) is 19.9 Å². The van der Waals surface area contributed by atoms with Crippen molar-refractivity contribution >= 4 is 36.2 Å². The van der Waals surface area contributed by atoms with E-state index in [4.69, 9.17) is 4.74 Å². The molecular weight excluding hydrogens is 516 g/mol. The highest BCUT2D eigenvalue weighted by molar-refractivity contribution is 5.96. The molecule has 0 saturated carbocycles. The number of rotatable bonds is 6. The number of hydrogen-bond acceptors (Lipinski definition) is 3. The number of fused-ring (bicyclic) bond motifs is 8. The summed E-state index contributed by atoms with van der Waals surface area (Å²) in [6.07, 6.45) is 10.3. The molecule has 4 aromatic rings. The van der Waals surface area contributed by atoms with E-state index in [1.165, 1.54) is 29.4 Å². The maximum Gasteiger partial charge on any atom is 0.340 e. The molecule has 1 aliphatic heterocycles. The first kappa shape index (κ1) is 28.1. The summed E-state index contributed by atoms with van der Waals surface area (Å²) < 4.78 is 5.18. The lowest BCUT2D eigenvalue weighted by Gasteiger charge is -2.01. The minimum atomic E-state index is -0.858. The van der Waals surface area contributed by atoms with Crippen LogP contribution in [0.15, 0.2) is 0 Å². The van der Waals surface area contributed by atoms with Gasteiger partial charge in [0.1, 0.15) is 0 Å². The highest BCUT2D eigenvalue weighted by Crippen LogP contribution is 2.23. The minimum absolute atomic E-state index is 0.000314. The van der Waals surface area contributed by atoms with Crippen LogP contribution in [-0.2, 0) is 28.8 Å². The summed E-state index contributed by atoms with van der Waals surface area (Å²) in [7, 11) is 1.38. The van der Waals surface area contributed by atoms with Crippen molar-refractivity contribution < 1.29 is 19.4 Å². The summed E-state index contributed by atoms with van der Waals surface area (Å²) in [4.78, 5) is 38.8. The van der Waals surface area contributed by atoms with E-state index in [1.54, 1.807) is 0 Å². The molecule has 8 nitrogen and oxygen atoms in total. The topological polar surface area (TPSA) is 127 Å². The summed E-state index contributed by atoms with van der Waals surface area (Å²) >= 11 is 0. The van der Waals surface area contributed by atoms with Gasteiger partial charge in [-0.05, 0) is 110 Å². The number of H-pyrrole nitrogens is 4. The highest BCUT2D eigenvalue weighted by Gasteiger charge is 2.21. The predicted octanol–water partition coefficient (Wildman–Crippen LogP) is 2.79. The molecule has 8 bridgehead atoms. The average molecular weight is 555 g/mol. The van der Waals surface area contributed by atoms with Crippen LogP contribution in [0, 0.1) is 27.7 Å². The largest absolute Gasteiger partial charge is 0.481 e. The molecule has 0 atom stereocenters. The molecule has 0 aliphatic carbocycles. The van der Waals surface area contributed by atoms with Crippen LogP contribution in [-0.4, -0.2) is 44.1 Å². The molecule has 214 valence electrons. The second kappa shape index (κ2) is 10.8. The first-order chi connectivity index (χ1) is 19.6. The molecule has 0 fully saturated rings. The Morgan fingerprint density at radius 1 is 0.659 bits per heavy atom. The maximum atomic E-state index is 13.0. The molecular formula is C33H38N4O4. The molecule has 0 aromatic carbocycles. The van der Waals surface area contributed by atoms with E-state index in [9.17, 15) is 14.7 Å². The summed E-state index contributed by atoms with van der Waals surface area (Å²) in [6, 6.07) is 0. The molecule has 5 N–H and O–H groups in total. The number of methoxy groups -OCH3 is 1. The molecule has 1 aliphatic rings. The Balaban J connectivity index is 1.95. The molecule has 0 amide bonds. The fourth-order valence-electron chi connectivity index (χ4n) is 6.14. The Labute approximate surface area is 238 Å². The molecule has 5 rings (SSSR count). The number of aliphatic carboxylic acids is 1. The first-order valence-electron chi connectivity index (χ1n) is 14.1. The number of ether oxygens (including phenoxy) is 1. The summed E-state index contributed by atoms with van der Waals surface area (Å²) in [6.45, 7) is 12.5. The van der Waals surface area contributed by atoms with E-state index >= 15 is 0 Å². The van der Waals surface area contributed by atoms with E-state index in [0.717, 1.165) is 68.0 Å². The molecule has 5 heterocycles. The van der Waals surface area contributed by atoms with E-state index < -0.39 is 11.9 Å². The van der Waals surface area contributed by atoms with Crippen LogP contribution in [0.1, 0.15) is 92.3 Å². The summed E-state index contributed by atoms with van der Waals surface area (Å²) in [5, 5.41) is 13.1. The standard InChI is InChI=1S/C33H38N4O4/c1-8-20-16(3)23-12-24-18(5)22(10-11-31(38)39)29(36-24)15-30-32(33(40)41-7)19(6)26(37-30)14-28-21(9-2)17(4)25(35-28)13-27(20)34-23/h12-15,34-37H,8-11H2,1-7H3,(H,38,39). The van der Waals surface area contributed by atoms with Crippen LogP contribution in [0.2, 0.25) is 0 Å². The normalized spacial score (nSPS) is 12.3. The van der Waals surface area contributed by atoms with Crippen LogP contribution in [0.5, 0.6) is 0 Å². The lowest BCUT2D eigenvalue weighted by molar-refractivity contribution is -0.136. The molecule has 0 spiro atoms. The molecule has 0 unspecified atom stereocenters. The Morgan fingerprint density at radius 2 is 1.17 bits per heavy atom. The number of nitrogens with one attached hydrogen (secondary N) is 4. The van der Waals surface area contributed by atoms with Crippen LogP contribution < -0.4 is 21.4 Å². The van der Waals surface area contributed by atoms with Gasteiger partial charge in [-0.25, -0.2) is 4.79 Å². The van der Waals surface area contributed by atoms with Crippen LogP contribution in [0.4, 0.5) is 0 Å². The Kier molecular flexibility index (Phi) is 7.43. The van der Waals surface area contributed by atoms with Gasteiger partial charge in [-0.3, -0.25) is 4.79 Å². The van der Waals surface area contributed by atoms with Crippen molar-refractivity contribution in [3.63, 3.8) is 0 Å². The zero-order valence-electron chi connectivity index (χ0n) is 24.8. The molecule has 4 aromatic heterocycles. The molecule has 0 saturated heterocycles. The predicted molar refractivity (Wildman–Crippen MR) is 161 cm³/mol. The average Bonchev–Trinajstić information content (AvgIpc) is 3.60. The van der Waals surface area contributed by atoms with Crippen molar-refractivity contribution in [3.05, 3.63) is 88.7 Å². The number of carbonyl (C=O) groups excluding carboxylic acids is 1. The second-order valence-corrected chi connectivity index (χ2v) is 10.8. The number of carboxylic acid groups (broad SMARTS) is 1. The summed E-state index contributed by atoms with van der Waals surface area (Å²) in [5.74, 6) is -1.29. The molecule has 8 heteroatoms. The first-order valence-corrected chi connectivity index (χ1v) is 14.1. The third-order valence-corrected chi connectivity index (χ3v) is 8.51. The zero-order chi connectivity index (χ0) is 29.6. The lowest BCUT2D eigenvalue weighted by Crippen LogP contribution is -2.14. The van der Waals surface area contributed by atoms with Gasteiger partial charge in [0.2, 0.25) is 0 Å². The third kappa shape index (κ3) is 4.88. The fraction of sp³-hybridized carbons (Fsp3) is 0.333. The van der Waals surface area contributed by atoms with Gasteiger partial charge < -0.3 is 29.8 Å². The van der Waals surface area contributed by atoms with E-state index in [-0.39, 0.29) is 6.42 Å². The second-order valence-electron chi connectivity index (χ2n) is 10.8. The van der Waals surface area contributed by atoms with Gasteiger partial charge in [-0.2, -0.15) is 0 Å². The van der Waals surface area contributed by atoms with Crippen LogP contribution >= 0.6 is 0 Å². The number of esters is 1. The van der Waals surface area contributed by atoms with Gasteiger partial charge in [0.15, 0.2) is 0 Å². The van der Waals surface area contributed by atoms with E-state index in [0.29, 0.717) is 17.7 Å². The Hall–Kier alpha value is -4.46. The smallest absolute Gasteiger partial charge is 0.340 e. The van der Waals surface area contributed by atoms with Crippen LogP contribution in [0.3, 0.4) is 0 Å². The number of carbonyl (C=O) groups is 2. The van der Waals surface area contributed by atoms with Gasteiger partial charge in [0.05, 0.1) is 18.4 Å². The van der Waals surface area contributed by atoms with Gasteiger partial charge in [-0.1, -0.05) is 13.8 Å². The minimum Gasteiger partial charge on any atom is -0.481 e. The van der Waals surface area contributed by atoms with Crippen molar-refractivity contribution in [2.75, 3.05) is 7.11 Å². The fourth-order valence-corrected chi connectivity index (χ4v) is 6.14. The van der Waals surface area contributed by atoms with E-state index in [2.05, 4.69) is 65.9 Å². The zero-order valence-corrected chi connectivity index (χ0v) is 24.8. The van der Waals surface area contributed by atoms with Gasteiger partial charge in [-0.15, -0.1) is 0 Å². The highest BCUT2D eigenvalue weighted by atomic mass is 16.5. The number of hydrogen-bond donors (Lipinski definition) is 5.